The highest BCUT2D eigenvalue weighted by molar-refractivity contribution is 9.10. The SMILES string of the molecule is Cc1cc(Oc2ccc(N)cc2C#N)ncc1Br. The molecule has 0 saturated carbocycles. The summed E-state index contributed by atoms with van der Waals surface area (Å²) in [5, 5.41) is 9.01. The van der Waals surface area contributed by atoms with Crippen LogP contribution in [0.4, 0.5) is 5.69 Å². The number of halogens is 1. The number of rotatable bonds is 2. The lowest BCUT2D eigenvalue weighted by atomic mass is 10.2. The standard InChI is InChI=1S/C13H10BrN3O/c1-8-4-13(17-7-11(8)14)18-12-3-2-10(16)5-9(12)6-15/h2-5,7H,16H2,1H3. The van der Waals surface area contributed by atoms with Crippen molar-refractivity contribution in [2.24, 2.45) is 0 Å². The van der Waals surface area contributed by atoms with E-state index in [1.54, 1.807) is 30.5 Å². The fourth-order valence-electron chi connectivity index (χ4n) is 1.41. The summed E-state index contributed by atoms with van der Waals surface area (Å²) >= 11 is 3.37. The number of hydrogen-bond acceptors (Lipinski definition) is 4. The number of nitriles is 1. The second-order valence-corrected chi connectivity index (χ2v) is 4.60. The molecule has 2 N–H and O–H groups in total. The van der Waals surface area contributed by atoms with Gasteiger partial charge >= 0.3 is 0 Å². The Bertz CT molecular complexity index is 635. The monoisotopic (exact) mass is 303 g/mol. The first kappa shape index (κ1) is 12.4. The molecule has 0 aliphatic carbocycles. The molecule has 2 rings (SSSR count). The predicted molar refractivity (Wildman–Crippen MR) is 72.3 cm³/mol. The molecule has 2 aromatic rings. The van der Waals surface area contributed by atoms with Crippen LogP contribution in [-0.2, 0) is 0 Å². The number of benzene rings is 1. The van der Waals surface area contributed by atoms with E-state index in [1.807, 2.05) is 13.0 Å². The van der Waals surface area contributed by atoms with Crippen LogP contribution in [0.15, 0.2) is 34.9 Å². The zero-order valence-corrected chi connectivity index (χ0v) is 11.2. The first-order valence-electron chi connectivity index (χ1n) is 5.20. The number of anilines is 1. The molecule has 0 spiro atoms. The smallest absolute Gasteiger partial charge is 0.219 e. The number of ether oxygens (including phenoxy) is 1. The van der Waals surface area contributed by atoms with Gasteiger partial charge in [0, 0.05) is 22.4 Å². The molecular weight excluding hydrogens is 294 g/mol. The van der Waals surface area contributed by atoms with Gasteiger partial charge in [0.15, 0.2) is 0 Å². The lowest BCUT2D eigenvalue weighted by Gasteiger charge is -2.08. The number of nitrogen functional groups attached to an aromatic ring is 1. The Morgan fingerprint density at radius 1 is 1.39 bits per heavy atom. The van der Waals surface area contributed by atoms with Gasteiger partial charge in [0.25, 0.3) is 0 Å². The van der Waals surface area contributed by atoms with Gasteiger partial charge in [-0.25, -0.2) is 4.98 Å². The van der Waals surface area contributed by atoms with Crippen molar-refractivity contribution in [2.45, 2.75) is 6.92 Å². The number of nitrogens with two attached hydrogens (primary N) is 1. The number of hydrogen-bond donors (Lipinski definition) is 1. The first-order chi connectivity index (χ1) is 8.60. The van der Waals surface area contributed by atoms with Crippen molar-refractivity contribution in [3.63, 3.8) is 0 Å². The molecule has 1 heterocycles. The molecule has 0 saturated heterocycles. The quantitative estimate of drug-likeness (QED) is 0.863. The van der Waals surface area contributed by atoms with Crippen molar-refractivity contribution in [1.29, 1.82) is 5.26 Å². The highest BCUT2D eigenvalue weighted by Crippen LogP contribution is 2.27. The minimum Gasteiger partial charge on any atom is -0.438 e. The minimum absolute atomic E-state index is 0.386. The van der Waals surface area contributed by atoms with Crippen molar-refractivity contribution in [3.05, 3.63) is 46.1 Å². The Hall–Kier alpha value is -2.06. The molecule has 0 aliphatic rings. The van der Waals surface area contributed by atoms with E-state index in [4.69, 9.17) is 15.7 Å². The molecule has 1 aromatic heterocycles. The van der Waals surface area contributed by atoms with Crippen LogP contribution >= 0.6 is 15.9 Å². The Kier molecular flexibility index (Phi) is 3.49. The largest absolute Gasteiger partial charge is 0.438 e. The van der Waals surface area contributed by atoms with Crippen molar-refractivity contribution in [3.8, 4) is 17.7 Å². The summed E-state index contributed by atoms with van der Waals surface area (Å²) in [6, 6.07) is 8.75. The predicted octanol–water partition coefficient (Wildman–Crippen LogP) is 3.40. The molecule has 0 radical (unpaired) electrons. The van der Waals surface area contributed by atoms with Crippen LogP contribution < -0.4 is 10.5 Å². The Balaban J connectivity index is 2.34. The number of aryl methyl sites for hydroxylation is 1. The van der Waals surface area contributed by atoms with Gasteiger partial charge in [-0.15, -0.1) is 0 Å². The maximum absolute atomic E-state index is 9.01. The van der Waals surface area contributed by atoms with E-state index in [2.05, 4.69) is 20.9 Å². The minimum atomic E-state index is 0.386. The van der Waals surface area contributed by atoms with Crippen molar-refractivity contribution in [2.75, 3.05) is 5.73 Å². The maximum atomic E-state index is 9.01. The fraction of sp³-hybridized carbons (Fsp3) is 0.0769. The Morgan fingerprint density at radius 2 is 2.17 bits per heavy atom. The van der Waals surface area contributed by atoms with Gasteiger partial charge in [-0.2, -0.15) is 5.26 Å². The van der Waals surface area contributed by atoms with E-state index < -0.39 is 0 Å². The summed E-state index contributed by atoms with van der Waals surface area (Å²) in [5.74, 6) is 0.887. The van der Waals surface area contributed by atoms with Crippen LogP contribution in [0.1, 0.15) is 11.1 Å². The Morgan fingerprint density at radius 3 is 2.83 bits per heavy atom. The molecule has 0 unspecified atom stereocenters. The van der Waals surface area contributed by atoms with Gasteiger partial charge in [-0.1, -0.05) is 0 Å². The van der Waals surface area contributed by atoms with Crippen molar-refractivity contribution < 1.29 is 4.74 Å². The lowest BCUT2D eigenvalue weighted by Crippen LogP contribution is -1.93. The fourth-order valence-corrected chi connectivity index (χ4v) is 1.62. The second-order valence-electron chi connectivity index (χ2n) is 3.74. The molecule has 1 aromatic carbocycles. The van der Waals surface area contributed by atoms with Crippen LogP contribution in [0.2, 0.25) is 0 Å². The Labute approximate surface area is 113 Å². The third kappa shape index (κ3) is 2.60. The molecule has 90 valence electrons. The molecule has 0 atom stereocenters. The first-order valence-corrected chi connectivity index (χ1v) is 5.99. The number of nitrogens with zero attached hydrogens (tertiary/aromatic N) is 2. The summed E-state index contributed by atoms with van der Waals surface area (Å²) in [7, 11) is 0. The van der Waals surface area contributed by atoms with Crippen LogP contribution in [0.25, 0.3) is 0 Å². The number of aromatic nitrogens is 1. The van der Waals surface area contributed by atoms with Crippen LogP contribution in [-0.4, -0.2) is 4.98 Å². The van der Waals surface area contributed by atoms with Gasteiger partial charge in [-0.05, 0) is 46.6 Å². The third-order valence-corrected chi connectivity index (χ3v) is 3.19. The van der Waals surface area contributed by atoms with E-state index in [1.165, 1.54) is 0 Å². The van der Waals surface area contributed by atoms with E-state index >= 15 is 0 Å². The van der Waals surface area contributed by atoms with E-state index in [0.29, 0.717) is 22.9 Å². The summed E-state index contributed by atoms with van der Waals surface area (Å²) in [5.41, 5.74) is 7.53. The summed E-state index contributed by atoms with van der Waals surface area (Å²) < 4.78 is 6.49. The van der Waals surface area contributed by atoms with Gasteiger partial charge in [0.1, 0.15) is 11.8 Å². The molecule has 0 amide bonds. The van der Waals surface area contributed by atoms with Gasteiger partial charge in [0.05, 0.1) is 5.56 Å². The summed E-state index contributed by atoms with van der Waals surface area (Å²) in [6.07, 6.45) is 1.66. The highest BCUT2D eigenvalue weighted by atomic mass is 79.9. The third-order valence-electron chi connectivity index (χ3n) is 2.36. The zero-order valence-electron chi connectivity index (χ0n) is 9.64. The molecule has 4 nitrogen and oxygen atoms in total. The molecule has 5 heteroatoms. The molecule has 0 fully saturated rings. The highest BCUT2D eigenvalue weighted by Gasteiger charge is 2.07. The summed E-state index contributed by atoms with van der Waals surface area (Å²) in [4.78, 5) is 4.12. The molecular formula is C13H10BrN3O. The molecule has 0 bridgehead atoms. The van der Waals surface area contributed by atoms with E-state index in [-0.39, 0.29) is 0 Å². The molecule has 0 aliphatic heterocycles. The topological polar surface area (TPSA) is 71.9 Å². The van der Waals surface area contributed by atoms with E-state index in [0.717, 1.165) is 10.0 Å². The maximum Gasteiger partial charge on any atom is 0.219 e. The van der Waals surface area contributed by atoms with Crippen LogP contribution in [0.3, 0.4) is 0 Å². The van der Waals surface area contributed by atoms with Crippen molar-refractivity contribution >= 4 is 21.6 Å². The van der Waals surface area contributed by atoms with Gasteiger partial charge < -0.3 is 10.5 Å². The average Bonchev–Trinajstić information content (AvgIpc) is 2.36. The average molecular weight is 304 g/mol. The van der Waals surface area contributed by atoms with Gasteiger partial charge in [-0.3, -0.25) is 0 Å². The zero-order chi connectivity index (χ0) is 13.1. The lowest BCUT2D eigenvalue weighted by molar-refractivity contribution is 0.461. The normalized spacial score (nSPS) is 9.83. The van der Waals surface area contributed by atoms with Gasteiger partial charge in [0.2, 0.25) is 5.88 Å². The van der Waals surface area contributed by atoms with E-state index in [9.17, 15) is 0 Å². The van der Waals surface area contributed by atoms with Crippen LogP contribution in [0.5, 0.6) is 11.6 Å². The number of pyridine rings is 1. The molecule has 18 heavy (non-hydrogen) atoms. The van der Waals surface area contributed by atoms with Crippen molar-refractivity contribution in [1.82, 2.24) is 4.98 Å². The second kappa shape index (κ2) is 5.07. The summed E-state index contributed by atoms with van der Waals surface area (Å²) in [6.45, 7) is 1.94. The van der Waals surface area contributed by atoms with Crippen LogP contribution in [0, 0.1) is 18.3 Å².